The lowest BCUT2D eigenvalue weighted by Crippen LogP contribution is -2.35. The van der Waals surface area contributed by atoms with Gasteiger partial charge >= 0.3 is 0 Å². The molecule has 4 rings (SSSR count). The Morgan fingerprint density at radius 1 is 1.09 bits per heavy atom. The van der Waals surface area contributed by atoms with Crippen molar-refractivity contribution in [2.24, 2.45) is 0 Å². The van der Waals surface area contributed by atoms with Gasteiger partial charge in [0.05, 0.1) is 11.7 Å². The van der Waals surface area contributed by atoms with Crippen LogP contribution < -0.4 is 10.6 Å². The fraction of sp³-hybridized carbons (Fsp3) is 0.308. The Kier molecular flexibility index (Phi) is 8.67. The van der Waals surface area contributed by atoms with Gasteiger partial charge in [-0.25, -0.2) is 4.98 Å². The highest BCUT2D eigenvalue weighted by molar-refractivity contribution is 7.18. The van der Waals surface area contributed by atoms with Crippen LogP contribution in [0.4, 0.5) is 5.13 Å². The molecule has 1 aliphatic rings. The lowest BCUT2D eigenvalue weighted by molar-refractivity contribution is -0.138. The van der Waals surface area contributed by atoms with Crippen LogP contribution in [-0.2, 0) is 14.3 Å². The highest BCUT2D eigenvalue weighted by atomic mass is 32.1. The summed E-state index contributed by atoms with van der Waals surface area (Å²) in [6.45, 7) is 6.77. The first kappa shape index (κ1) is 25.3. The minimum absolute atomic E-state index is 0.0913. The molecule has 0 spiro atoms. The van der Waals surface area contributed by atoms with Gasteiger partial charge < -0.3 is 15.4 Å². The van der Waals surface area contributed by atoms with E-state index >= 15 is 0 Å². The first-order chi connectivity index (χ1) is 16.3. The van der Waals surface area contributed by atoms with Crippen molar-refractivity contribution in [3.8, 4) is 11.3 Å². The standard InChI is InChI=1S/C21H19N3O2S.C5H10O2/c25-18(15-10-5-2-6-11-15)19-17(14-8-3-1-4-9-14)23-21(27-19)24-20(26)16-12-7-13-22-16;1-5(2,3)7-4-6/h1-6,8-11,16,22H,7,12-13H2,(H,23,24,26);4H,1-3H3/t16-;/m0./s1. The van der Waals surface area contributed by atoms with E-state index in [4.69, 9.17) is 0 Å². The van der Waals surface area contributed by atoms with Crippen LogP contribution >= 0.6 is 11.3 Å². The first-order valence-electron chi connectivity index (χ1n) is 11.1. The summed E-state index contributed by atoms with van der Waals surface area (Å²) in [5.41, 5.74) is 1.74. The second kappa shape index (κ2) is 11.7. The Labute approximate surface area is 203 Å². The fourth-order valence-corrected chi connectivity index (χ4v) is 4.24. The van der Waals surface area contributed by atoms with Crippen molar-refractivity contribution in [3.05, 3.63) is 71.1 Å². The quantitative estimate of drug-likeness (QED) is 0.393. The van der Waals surface area contributed by atoms with E-state index in [2.05, 4.69) is 20.4 Å². The van der Waals surface area contributed by atoms with Gasteiger partial charge in [0.1, 0.15) is 10.5 Å². The number of benzene rings is 2. The smallest absolute Gasteiger partial charge is 0.293 e. The third-order valence-electron chi connectivity index (χ3n) is 4.93. The van der Waals surface area contributed by atoms with Gasteiger partial charge in [-0.1, -0.05) is 72.0 Å². The molecule has 0 radical (unpaired) electrons. The number of nitrogens with zero attached hydrogens (tertiary/aromatic N) is 1. The molecule has 1 aromatic heterocycles. The number of hydrogen-bond acceptors (Lipinski definition) is 7. The summed E-state index contributed by atoms with van der Waals surface area (Å²) in [6, 6.07) is 18.5. The number of aromatic nitrogens is 1. The van der Waals surface area contributed by atoms with Gasteiger partial charge in [0, 0.05) is 11.1 Å². The molecule has 0 saturated carbocycles. The van der Waals surface area contributed by atoms with Gasteiger partial charge in [-0.05, 0) is 40.2 Å². The summed E-state index contributed by atoms with van der Waals surface area (Å²) in [4.78, 5) is 40.2. The number of rotatable bonds is 6. The maximum absolute atomic E-state index is 13.0. The second-order valence-electron chi connectivity index (χ2n) is 8.72. The van der Waals surface area contributed by atoms with Crippen LogP contribution in [0.15, 0.2) is 60.7 Å². The Morgan fingerprint density at radius 3 is 2.26 bits per heavy atom. The van der Waals surface area contributed by atoms with Gasteiger partial charge in [-0.15, -0.1) is 0 Å². The highest BCUT2D eigenvalue weighted by Crippen LogP contribution is 2.33. The molecule has 2 N–H and O–H groups in total. The molecule has 34 heavy (non-hydrogen) atoms. The van der Waals surface area contributed by atoms with Gasteiger partial charge in [0.25, 0.3) is 6.47 Å². The molecule has 0 unspecified atom stereocenters. The van der Waals surface area contributed by atoms with E-state index < -0.39 is 0 Å². The number of anilines is 1. The molecule has 2 heterocycles. The minimum atomic E-state index is -0.318. The Balaban J connectivity index is 0.000000406. The van der Waals surface area contributed by atoms with E-state index in [9.17, 15) is 14.4 Å². The van der Waals surface area contributed by atoms with Crippen molar-refractivity contribution in [1.29, 1.82) is 0 Å². The molecule has 1 fully saturated rings. The topological polar surface area (TPSA) is 97.4 Å². The van der Waals surface area contributed by atoms with Crippen LogP contribution in [-0.4, -0.2) is 41.3 Å². The normalized spacial score (nSPS) is 15.1. The van der Waals surface area contributed by atoms with Crippen LogP contribution in [0.25, 0.3) is 11.3 Å². The van der Waals surface area contributed by atoms with Crippen LogP contribution in [0.3, 0.4) is 0 Å². The number of ketones is 1. The van der Waals surface area contributed by atoms with Crippen LogP contribution in [0.2, 0.25) is 0 Å². The Hall–Kier alpha value is -3.36. The lowest BCUT2D eigenvalue weighted by atomic mass is 10.1. The number of amides is 1. The molecular formula is C26H29N3O4S. The number of ether oxygens (including phenoxy) is 1. The second-order valence-corrected chi connectivity index (χ2v) is 9.72. The molecule has 1 saturated heterocycles. The summed E-state index contributed by atoms with van der Waals surface area (Å²) in [5.74, 6) is -0.189. The van der Waals surface area contributed by atoms with Gasteiger partial charge in [-0.2, -0.15) is 0 Å². The Bertz CT molecular complexity index is 1100. The number of nitrogens with one attached hydrogen (secondary N) is 2. The summed E-state index contributed by atoms with van der Waals surface area (Å²) in [5, 5.41) is 6.50. The molecule has 1 atom stereocenters. The van der Waals surface area contributed by atoms with E-state index in [0.717, 1.165) is 24.9 Å². The van der Waals surface area contributed by atoms with Crippen LogP contribution in [0, 0.1) is 0 Å². The predicted molar refractivity (Wildman–Crippen MR) is 134 cm³/mol. The highest BCUT2D eigenvalue weighted by Gasteiger charge is 2.25. The monoisotopic (exact) mass is 479 g/mol. The van der Waals surface area contributed by atoms with Crippen molar-refractivity contribution < 1.29 is 19.1 Å². The molecule has 7 nitrogen and oxygen atoms in total. The molecular weight excluding hydrogens is 450 g/mol. The zero-order chi connectivity index (χ0) is 24.6. The average molecular weight is 480 g/mol. The molecule has 1 amide bonds. The summed E-state index contributed by atoms with van der Waals surface area (Å²) in [6.07, 6.45) is 1.81. The minimum Gasteiger partial charge on any atom is -0.462 e. The van der Waals surface area contributed by atoms with Gasteiger partial charge in [-0.3, -0.25) is 14.4 Å². The third kappa shape index (κ3) is 7.07. The maximum Gasteiger partial charge on any atom is 0.293 e. The van der Waals surface area contributed by atoms with E-state index in [-0.39, 0.29) is 23.3 Å². The van der Waals surface area contributed by atoms with E-state index in [0.29, 0.717) is 27.7 Å². The zero-order valence-corrected chi connectivity index (χ0v) is 20.4. The number of hydrogen-bond donors (Lipinski definition) is 2. The summed E-state index contributed by atoms with van der Waals surface area (Å²) in [7, 11) is 0. The fourth-order valence-electron chi connectivity index (χ4n) is 3.28. The maximum atomic E-state index is 13.0. The van der Waals surface area contributed by atoms with E-state index in [1.165, 1.54) is 11.3 Å². The van der Waals surface area contributed by atoms with Gasteiger partial charge in [0.15, 0.2) is 5.13 Å². The zero-order valence-electron chi connectivity index (χ0n) is 19.5. The molecule has 8 heteroatoms. The summed E-state index contributed by atoms with van der Waals surface area (Å²) < 4.78 is 4.55. The lowest BCUT2D eigenvalue weighted by Gasteiger charge is -2.14. The average Bonchev–Trinajstić information content (AvgIpc) is 3.50. The largest absolute Gasteiger partial charge is 0.462 e. The van der Waals surface area contributed by atoms with E-state index in [1.807, 2.05) is 69.3 Å². The third-order valence-corrected chi connectivity index (χ3v) is 5.89. The molecule has 178 valence electrons. The number of carbonyl (C=O) groups is 3. The molecule has 2 aromatic carbocycles. The molecule has 1 aliphatic heterocycles. The predicted octanol–water partition coefficient (Wildman–Crippen LogP) is 4.69. The Morgan fingerprint density at radius 2 is 1.74 bits per heavy atom. The van der Waals surface area contributed by atoms with Crippen molar-refractivity contribution in [3.63, 3.8) is 0 Å². The van der Waals surface area contributed by atoms with Crippen LogP contribution in [0.5, 0.6) is 0 Å². The van der Waals surface area contributed by atoms with Crippen LogP contribution in [0.1, 0.15) is 48.8 Å². The number of carbonyl (C=O) groups excluding carboxylic acids is 3. The van der Waals surface area contributed by atoms with E-state index in [1.54, 1.807) is 12.1 Å². The van der Waals surface area contributed by atoms with Crippen molar-refractivity contribution in [1.82, 2.24) is 10.3 Å². The van der Waals surface area contributed by atoms with Crippen molar-refractivity contribution in [2.45, 2.75) is 45.3 Å². The van der Waals surface area contributed by atoms with Crippen molar-refractivity contribution in [2.75, 3.05) is 11.9 Å². The van der Waals surface area contributed by atoms with Gasteiger partial charge in [0.2, 0.25) is 11.7 Å². The summed E-state index contributed by atoms with van der Waals surface area (Å²) >= 11 is 1.22. The van der Waals surface area contributed by atoms with Crippen molar-refractivity contribution >= 4 is 34.6 Å². The SMILES string of the molecule is CC(C)(C)OC=O.O=C(c1ccccc1)c1sc(NC(=O)[C@@H]2CCCN2)nc1-c1ccccc1. The molecule has 0 bridgehead atoms. The molecule has 0 aliphatic carbocycles. The number of thiazole rings is 1. The first-order valence-corrected chi connectivity index (χ1v) is 11.9. The molecule has 3 aromatic rings.